The molecule has 3 rings (SSSR count). The molecule has 1 aliphatic rings. The zero-order chi connectivity index (χ0) is 22.6. The summed E-state index contributed by atoms with van der Waals surface area (Å²) in [5.74, 6) is -0.244. The second kappa shape index (κ2) is 9.74. The monoisotopic (exact) mass is 452 g/mol. The largest absolute Gasteiger partial charge is 0.435 e. The molecule has 0 saturated carbocycles. The van der Waals surface area contributed by atoms with Gasteiger partial charge in [-0.25, -0.2) is 8.42 Å². The van der Waals surface area contributed by atoms with Gasteiger partial charge < -0.3 is 9.64 Å². The minimum absolute atomic E-state index is 0.0553. The molecular formula is C22H26F2N2O4S. The van der Waals surface area contributed by atoms with E-state index in [1.54, 1.807) is 48.3 Å². The first-order valence-corrected chi connectivity index (χ1v) is 11.5. The van der Waals surface area contributed by atoms with Gasteiger partial charge >= 0.3 is 6.61 Å². The zero-order valence-corrected chi connectivity index (χ0v) is 18.3. The van der Waals surface area contributed by atoms with Crippen molar-refractivity contribution < 1.29 is 26.7 Å². The van der Waals surface area contributed by atoms with Gasteiger partial charge in [-0.15, -0.1) is 0 Å². The van der Waals surface area contributed by atoms with Gasteiger partial charge in [0.15, 0.2) is 0 Å². The molecule has 0 bridgehead atoms. The first-order valence-electron chi connectivity index (χ1n) is 10.0. The summed E-state index contributed by atoms with van der Waals surface area (Å²) >= 11 is 0. The first kappa shape index (κ1) is 23.1. The molecule has 0 aromatic heterocycles. The number of rotatable bonds is 7. The number of nitrogens with zero attached hydrogens (tertiary/aromatic N) is 2. The summed E-state index contributed by atoms with van der Waals surface area (Å²) in [4.78, 5) is 14.7. The molecule has 0 radical (unpaired) electrons. The van der Waals surface area contributed by atoms with Crippen molar-refractivity contribution in [2.24, 2.45) is 5.92 Å². The highest BCUT2D eigenvalue weighted by Gasteiger charge is 2.33. The number of carbonyl (C=O) groups excluding carboxylic acids is 1. The van der Waals surface area contributed by atoms with Crippen LogP contribution >= 0.6 is 0 Å². The van der Waals surface area contributed by atoms with Crippen LogP contribution in [-0.2, 0) is 21.4 Å². The third kappa shape index (κ3) is 5.80. The van der Waals surface area contributed by atoms with E-state index in [0.29, 0.717) is 32.5 Å². The number of ether oxygens (including phenoxy) is 1. The number of halogens is 2. The van der Waals surface area contributed by atoms with Crippen molar-refractivity contribution in [3.05, 3.63) is 59.7 Å². The molecular weight excluding hydrogens is 426 g/mol. The number of benzene rings is 2. The average molecular weight is 453 g/mol. The van der Waals surface area contributed by atoms with E-state index in [1.807, 2.05) is 6.92 Å². The third-order valence-electron chi connectivity index (χ3n) is 5.41. The average Bonchev–Trinajstić information content (AvgIpc) is 2.74. The number of hydrogen-bond donors (Lipinski definition) is 0. The lowest BCUT2D eigenvalue weighted by Crippen LogP contribution is -2.43. The highest BCUT2D eigenvalue weighted by atomic mass is 32.2. The number of piperidine rings is 1. The van der Waals surface area contributed by atoms with E-state index in [4.69, 9.17) is 0 Å². The molecule has 0 N–H and O–H groups in total. The number of alkyl halides is 2. The van der Waals surface area contributed by atoms with Crippen LogP contribution in [0.25, 0.3) is 0 Å². The summed E-state index contributed by atoms with van der Waals surface area (Å²) in [6.07, 6.45) is 0.908. The smallest absolute Gasteiger partial charge is 0.387 e. The Hall–Kier alpha value is -2.52. The Morgan fingerprint density at radius 2 is 1.68 bits per heavy atom. The molecule has 1 heterocycles. The molecule has 31 heavy (non-hydrogen) atoms. The van der Waals surface area contributed by atoms with Crippen LogP contribution in [-0.4, -0.2) is 50.3 Å². The van der Waals surface area contributed by atoms with Crippen molar-refractivity contribution >= 4 is 15.9 Å². The van der Waals surface area contributed by atoms with Crippen LogP contribution in [0, 0.1) is 12.8 Å². The van der Waals surface area contributed by atoms with Crippen LogP contribution < -0.4 is 4.74 Å². The number of aryl methyl sites for hydroxylation is 1. The van der Waals surface area contributed by atoms with Gasteiger partial charge in [0.1, 0.15) is 5.75 Å². The van der Waals surface area contributed by atoms with Crippen LogP contribution in [0.1, 0.15) is 24.0 Å². The predicted octanol–water partition coefficient (Wildman–Crippen LogP) is 3.66. The summed E-state index contributed by atoms with van der Waals surface area (Å²) in [7, 11) is -1.88. The van der Waals surface area contributed by atoms with Crippen molar-refractivity contribution in [2.45, 2.75) is 37.8 Å². The lowest BCUT2D eigenvalue weighted by atomic mass is 9.96. The van der Waals surface area contributed by atoms with Gasteiger partial charge in [-0.05, 0) is 49.6 Å². The van der Waals surface area contributed by atoms with Gasteiger partial charge in [-0.3, -0.25) is 4.79 Å². The molecule has 6 nitrogen and oxygen atoms in total. The first-order chi connectivity index (χ1) is 14.7. The summed E-state index contributed by atoms with van der Waals surface area (Å²) in [5, 5.41) is 0. The summed E-state index contributed by atoms with van der Waals surface area (Å²) in [6.45, 7) is -0.0679. The van der Waals surface area contributed by atoms with Crippen molar-refractivity contribution in [3.63, 3.8) is 0 Å². The molecule has 1 amide bonds. The van der Waals surface area contributed by atoms with Crippen molar-refractivity contribution in [1.82, 2.24) is 9.21 Å². The maximum Gasteiger partial charge on any atom is 0.387 e. The number of carbonyl (C=O) groups is 1. The second-order valence-electron chi connectivity index (χ2n) is 7.71. The molecule has 1 fully saturated rings. The van der Waals surface area contributed by atoms with E-state index >= 15 is 0 Å². The van der Waals surface area contributed by atoms with E-state index in [1.165, 1.54) is 16.4 Å². The molecule has 9 heteroatoms. The minimum Gasteiger partial charge on any atom is -0.435 e. The van der Waals surface area contributed by atoms with Crippen LogP contribution in [0.3, 0.4) is 0 Å². The zero-order valence-electron chi connectivity index (χ0n) is 17.5. The van der Waals surface area contributed by atoms with Gasteiger partial charge in [0.25, 0.3) is 0 Å². The van der Waals surface area contributed by atoms with Gasteiger partial charge in [-0.2, -0.15) is 13.1 Å². The third-order valence-corrected chi connectivity index (χ3v) is 7.32. The Morgan fingerprint density at radius 1 is 1.10 bits per heavy atom. The standard InChI is InChI=1S/C22H26F2N2O4S/c1-16-3-9-20(10-4-16)31(28,29)26-13-11-18(12-14-26)21(27)25(2)15-17-5-7-19(8-6-17)30-22(23)24/h3-10,18,22H,11-15H2,1-2H3. The summed E-state index contributed by atoms with van der Waals surface area (Å²) in [5.41, 5.74) is 1.78. The van der Waals surface area contributed by atoms with Crippen molar-refractivity contribution in [1.29, 1.82) is 0 Å². The molecule has 2 aromatic carbocycles. The van der Waals surface area contributed by atoms with Crippen LogP contribution in [0.4, 0.5) is 8.78 Å². The Kier molecular flexibility index (Phi) is 7.27. The van der Waals surface area contributed by atoms with Crippen molar-refractivity contribution in [3.8, 4) is 5.75 Å². The van der Waals surface area contributed by atoms with Gasteiger partial charge in [0.05, 0.1) is 4.90 Å². The van der Waals surface area contributed by atoms with Crippen molar-refractivity contribution in [2.75, 3.05) is 20.1 Å². The fraction of sp³-hybridized carbons (Fsp3) is 0.409. The predicted molar refractivity (Wildman–Crippen MR) is 112 cm³/mol. The summed E-state index contributed by atoms with van der Waals surface area (Å²) < 4.78 is 55.9. The number of hydrogen-bond acceptors (Lipinski definition) is 4. The molecule has 2 aromatic rings. The van der Waals surface area contributed by atoms with E-state index < -0.39 is 16.6 Å². The van der Waals surface area contributed by atoms with Crippen LogP contribution in [0.2, 0.25) is 0 Å². The molecule has 0 unspecified atom stereocenters. The van der Waals surface area contributed by atoms with Gasteiger partial charge in [0, 0.05) is 32.6 Å². The van der Waals surface area contributed by atoms with Crippen LogP contribution in [0.5, 0.6) is 5.75 Å². The van der Waals surface area contributed by atoms with Gasteiger partial charge in [0.2, 0.25) is 15.9 Å². The van der Waals surface area contributed by atoms with E-state index in [2.05, 4.69) is 4.74 Å². The maximum absolute atomic E-state index is 12.8. The number of sulfonamides is 1. The SMILES string of the molecule is Cc1ccc(S(=O)(=O)N2CCC(C(=O)N(C)Cc3ccc(OC(F)F)cc3)CC2)cc1. The second-order valence-corrected chi connectivity index (χ2v) is 9.65. The molecule has 168 valence electrons. The van der Waals surface area contributed by atoms with E-state index in [9.17, 15) is 22.0 Å². The molecule has 1 aliphatic heterocycles. The minimum atomic E-state index is -3.57. The lowest BCUT2D eigenvalue weighted by molar-refractivity contribution is -0.135. The fourth-order valence-electron chi connectivity index (χ4n) is 3.64. The molecule has 0 atom stereocenters. The Balaban J connectivity index is 1.55. The molecule has 0 aliphatic carbocycles. The molecule has 1 saturated heterocycles. The Bertz CT molecular complexity index is 987. The highest BCUT2D eigenvalue weighted by molar-refractivity contribution is 7.89. The van der Waals surface area contributed by atoms with Gasteiger partial charge in [-0.1, -0.05) is 29.8 Å². The molecule has 0 spiro atoms. The normalized spacial score (nSPS) is 15.8. The lowest BCUT2D eigenvalue weighted by Gasteiger charge is -2.32. The number of amides is 1. The maximum atomic E-state index is 12.8. The Labute approximate surface area is 181 Å². The van der Waals surface area contributed by atoms with E-state index in [0.717, 1.165) is 11.1 Å². The quantitative estimate of drug-likeness (QED) is 0.643. The highest BCUT2D eigenvalue weighted by Crippen LogP contribution is 2.26. The fourth-order valence-corrected chi connectivity index (χ4v) is 5.11. The van der Waals surface area contributed by atoms with Crippen LogP contribution in [0.15, 0.2) is 53.4 Å². The topological polar surface area (TPSA) is 66.9 Å². The van der Waals surface area contributed by atoms with E-state index in [-0.39, 0.29) is 22.5 Å². The summed E-state index contributed by atoms with van der Waals surface area (Å²) in [6, 6.07) is 12.9. The Morgan fingerprint density at radius 3 is 2.23 bits per heavy atom.